The summed E-state index contributed by atoms with van der Waals surface area (Å²) in [6.07, 6.45) is 11.9. The number of hydrogen-bond donors (Lipinski definition) is 13. The first-order valence-corrected chi connectivity index (χ1v) is 36.8. The minimum absolute atomic E-state index is 0.0181. The van der Waals surface area contributed by atoms with E-state index in [1.165, 1.54) is 44.6 Å². The summed E-state index contributed by atoms with van der Waals surface area (Å²) in [7, 11) is 0. The number of fused-ring (bicyclic) bond motifs is 7. The molecule has 3 heterocycles. The van der Waals surface area contributed by atoms with Gasteiger partial charge in [0.1, 0.15) is 30.1 Å². The van der Waals surface area contributed by atoms with Gasteiger partial charge < -0.3 is 90.5 Å². The Balaban J connectivity index is 0.991. The molecule has 7 rings (SSSR count). The molecular formula is C77H121FN2O19. The summed E-state index contributed by atoms with van der Waals surface area (Å²) >= 11 is 0. The Morgan fingerprint density at radius 1 is 0.667 bits per heavy atom. The molecule has 7 aliphatic rings. The maximum atomic E-state index is 16.7. The van der Waals surface area contributed by atoms with Gasteiger partial charge in [-0.3, -0.25) is 9.59 Å². The molecule has 3 aliphatic heterocycles. The Hall–Kier alpha value is -4.50. The number of carbonyl (C=O) groups excluding carboxylic acids is 2. The van der Waals surface area contributed by atoms with Gasteiger partial charge in [-0.2, -0.15) is 0 Å². The Morgan fingerprint density at radius 2 is 1.32 bits per heavy atom. The first kappa shape index (κ1) is 81.8. The molecule has 22 heteroatoms. The average Bonchev–Trinajstić information content (AvgIpc) is 1.67. The maximum absolute atomic E-state index is 16.7. The fourth-order valence-corrected chi connectivity index (χ4v) is 17.6. The zero-order valence-corrected chi connectivity index (χ0v) is 59.9. The molecule has 21 nitrogen and oxygen atoms in total. The largest absolute Gasteiger partial charge is 0.481 e. The Bertz CT molecular complexity index is 2830. The van der Waals surface area contributed by atoms with Crippen molar-refractivity contribution in [3.8, 4) is 0 Å². The predicted octanol–water partition coefficient (Wildman–Crippen LogP) is 8.78. The standard InChI is InChI=1S/C77H121FN2O19/c1-45(2)23-22-25-46(3)57-28-29-58-56-42-61(78)60-40-55(31-33-76(60,9)59(56)32-34-75(57,58)8)98-74(93)80-36-35-79-68-70(89)50(7)96-73(71(68)90)97-54-26-21-19-17-15-13-11-10-12-14-16-18-20-24-47(4)69(88)48(5)49(6)95-66(87)39-52(82)37-51(81)27-30-62(84)63(85)38-53(83)43-77(94)44-64(86)67(72(91)92)65(41-54)99-77/h10-21,24,26,45-59,62-65,67-71,73,79,81-86,88-90,94H,22-23,25,27-44H2,1-9H3,(H,80,93)(H,91,92)/t46-,47+,48+,49+,50-,51-,52-,53+,54+,55+,56+,57-,58+,59+,62-,63-,64+,65+,67-,68+,69-,70-,71+,73+,75-,76-,77-/m1/s1. The number of hydrogen-bond acceptors (Lipinski definition) is 19. The van der Waals surface area contributed by atoms with E-state index in [2.05, 4.69) is 45.3 Å². The van der Waals surface area contributed by atoms with Crippen molar-refractivity contribution in [3.63, 3.8) is 0 Å². The van der Waals surface area contributed by atoms with Crippen molar-refractivity contribution < 1.29 is 98.6 Å². The van der Waals surface area contributed by atoms with Crippen molar-refractivity contribution in [3.05, 3.63) is 96.5 Å². The van der Waals surface area contributed by atoms with Crippen molar-refractivity contribution in [1.29, 1.82) is 0 Å². The third-order valence-electron chi connectivity index (χ3n) is 23.3. The quantitative estimate of drug-likeness (QED) is 0.0605. The van der Waals surface area contributed by atoms with Crippen molar-refractivity contribution in [2.24, 2.45) is 64.1 Å². The molecule has 0 radical (unpaired) electrons. The highest BCUT2D eigenvalue weighted by Gasteiger charge is 2.61. The van der Waals surface area contributed by atoms with Crippen LogP contribution in [0.25, 0.3) is 0 Å². The lowest BCUT2D eigenvalue weighted by Crippen LogP contribution is -2.63. The molecule has 4 aliphatic carbocycles. The van der Waals surface area contributed by atoms with E-state index in [9.17, 15) is 70.6 Å². The number of cyclic esters (lactones) is 1. The number of carboxylic acids is 1. The van der Waals surface area contributed by atoms with Gasteiger partial charge in [-0.1, -0.05) is 153 Å². The van der Waals surface area contributed by atoms with Crippen LogP contribution in [0.2, 0.25) is 0 Å². The maximum Gasteiger partial charge on any atom is 0.407 e. The first-order chi connectivity index (χ1) is 46.8. The van der Waals surface area contributed by atoms with Crippen LogP contribution in [0.4, 0.5) is 9.18 Å². The number of ether oxygens (including phenoxy) is 5. The summed E-state index contributed by atoms with van der Waals surface area (Å²) in [5.74, 6) is -3.83. The van der Waals surface area contributed by atoms with E-state index < -0.39 is 159 Å². The van der Waals surface area contributed by atoms with E-state index in [-0.39, 0.29) is 61.3 Å². The van der Waals surface area contributed by atoms with E-state index in [0.29, 0.717) is 54.8 Å². The third kappa shape index (κ3) is 22.5. The second-order valence-electron chi connectivity index (χ2n) is 31.1. The predicted molar refractivity (Wildman–Crippen MR) is 372 cm³/mol. The van der Waals surface area contributed by atoms with Crippen LogP contribution in [-0.2, 0) is 33.3 Å². The number of rotatable bonds is 13. The monoisotopic (exact) mass is 1400 g/mol. The highest BCUT2D eigenvalue weighted by Crippen LogP contribution is 2.68. The number of esters is 1. The van der Waals surface area contributed by atoms with Gasteiger partial charge in [0.15, 0.2) is 12.1 Å². The van der Waals surface area contributed by atoms with Crippen LogP contribution in [0.3, 0.4) is 0 Å². The molecule has 0 unspecified atom stereocenters. The number of alkyl carbamates (subject to hydrolysis) is 1. The summed E-state index contributed by atoms with van der Waals surface area (Å²) in [6.45, 7) is 18.6. The van der Waals surface area contributed by atoms with Crippen molar-refractivity contribution >= 4 is 18.0 Å². The molecular weight excluding hydrogens is 1280 g/mol. The molecule has 0 spiro atoms. The fourth-order valence-electron chi connectivity index (χ4n) is 17.6. The minimum atomic E-state index is -2.39. The molecule has 560 valence electrons. The summed E-state index contributed by atoms with van der Waals surface area (Å²) in [4.78, 5) is 39.1. The molecule has 5 fully saturated rings. The van der Waals surface area contributed by atoms with Gasteiger partial charge in [-0.15, -0.1) is 0 Å². The second kappa shape index (κ2) is 37.8. The number of amides is 1. The zero-order chi connectivity index (χ0) is 72.5. The minimum Gasteiger partial charge on any atom is -0.481 e. The van der Waals surface area contributed by atoms with Crippen LogP contribution in [0.15, 0.2) is 96.5 Å². The van der Waals surface area contributed by atoms with Crippen LogP contribution in [-0.4, -0.2) is 191 Å². The molecule has 2 bridgehead atoms. The smallest absolute Gasteiger partial charge is 0.407 e. The lowest BCUT2D eigenvalue weighted by molar-refractivity contribution is -0.309. The number of aliphatic hydroxyl groups is 10. The second-order valence-corrected chi connectivity index (χ2v) is 31.1. The molecule has 0 aromatic heterocycles. The SMILES string of the molecule is CC(C)CCC[C@@H](C)[C@H]1CC[C@H]2[C@@H]3CC(F)=C4C[C@@H](OC(=O)NCCN[C@@H]5[C@H](O)[C@H](O[C@H]6C=CC=CC=CC=CC=CC=CC=C[C@H](C)[C@@H](O)[C@@H](C)[C@H](C)OC(=O)C[C@H](O)C[C@H](O)CC[C@@H](O)[C@H](O)C[C@H](O)C[C@]7(O)C[C@H](O)[C@@H](C(=O)O)[C@H](C6)O7)O[C@H](C)[C@H]5O)CC[C@]4(C)[C@H]3CC[C@]12C. The molecule has 27 atom stereocenters. The lowest BCUT2D eigenvalue weighted by Gasteiger charge is -2.58. The Morgan fingerprint density at radius 3 is 1.98 bits per heavy atom. The van der Waals surface area contributed by atoms with Gasteiger partial charge in [0, 0.05) is 63.5 Å². The molecule has 0 aromatic rings. The number of aliphatic hydroxyl groups excluding tert-OH is 9. The van der Waals surface area contributed by atoms with Crippen molar-refractivity contribution in [1.82, 2.24) is 10.6 Å². The first-order valence-electron chi connectivity index (χ1n) is 36.8. The zero-order valence-electron chi connectivity index (χ0n) is 59.9. The summed E-state index contributed by atoms with van der Waals surface area (Å²) in [5, 5.41) is 128. The Kier molecular flexibility index (Phi) is 31.2. The van der Waals surface area contributed by atoms with Crippen molar-refractivity contribution in [2.75, 3.05) is 13.1 Å². The molecule has 1 amide bonds. The van der Waals surface area contributed by atoms with E-state index in [4.69, 9.17) is 23.7 Å². The number of nitrogens with one attached hydrogen (secondary N) is 2. The molecule has 99 heavy (non-hydrogen) atoms. The van der Waals surface area contributed by atoms with Crippen LogP contribution in [0, 0.1) is 64.1 Å². The molecule has 13 N–H and O–H groups in total. The van der Waals surface area contributed by atoms with Gasteiger partial charge in [-0.25, -0.2) is 9.18 Å². The topological polar surface area (TPSA) is 344 Å². The molecule has 0 aromatic carbocycles. The molecule has 2 saturated heterocycles. The number of allylic oxidation sites excluding steroid dienone is 13. The highest BCUT2D eigenvalue weighted by atomic mass is 19.1. The van der Waals surface area contributed by atoms with Crippen LogP contribution >= 0.6 is 0 Å². The number of carbonyl (C=O) groups is 3. The van der Waals surface area contributed by atoms with Crippen molar-refractivity contribution in [2.45, 2.75) is 288 Å². The van der Waals surface area contributed by atoms with E-state index in [1.54, 1.807) is 81.5 Å². The summed E-state index contributed by atoms with van der Waals surface area (Å²) in [6, 6.07) is -1.09. The third-order valence-corrected chi connectivity index (χ3v) is 23.3. The van der Waals surface area contributed by atoms with E-state index in [1.807, 2.05) is 25.2 Å². The summed E-state index contributed by atoms with van der Waals surface area (Å²) < 4.78 is 46.7. The number of aliphatic carboxylic acids is 1. The highest BCUT2D eigenvalue weighted by molar-refractivity contribution is 5.72. The fraction of sp³-hybridized carbons (Fsp3) is 0.753. The van der Waals surface area contributed by atoms with Crippen LogP contribution in [0.5, 0.6) is 0 Å². The summed E-state index contributed by atoms with van der Waals surface area (Å²) in [5.41, 5.74) is 0.739. The van der Waals surface area contributed by atoms with Crippen LogP contribution < -0.4 is 10.6 Å². The van der Waals surface area contributed by atoms with Gasteiger partial charge >= 0.3 is 18.0 Å². The van der Waals surface area contributed by atoms with Gasteiger partial charge in [-0.05, 0) is 124 Å². The van der Waals surface area contributed by atoms with E-state index >= 15 is 4.39 Å². The van der Waals surface area contributed by atoms with Gasteiger partial charge in [0.05, 0.1) is 79.6 Å². The Labute approximate surface area is 586 Å². The normalized spacial score (nSPS) is 41.7. The van der Waals surface area contributed by atoms with E-state index in [0.717, 1.165) is 18.4 Å². The van der Waals surface area contributed by atoms with Crippen LogP contribution in [0.1, 0.15) is 184 Å². The number of halogens is 1. The lowest BCUT2D eigenvalue weighted by atomic mass is 9.46. The van der Waals surface area contributed by atoms with Gasteiger partial charge in [0.25, 0.3) is 0 Å². The number of carboxylic acid groups (broad SMARTS) is 1. The van der Waals surface area contributed by atoms with Gasteiger partial charge in [0.2, 0.25) is 0 Å². The molecule has 3 saturated carbocycles. The average molecular weight is 1400 g/mol.